The first-order valence-electron chi connectivity index (χ1n) is 6.14. The van der Waals surface area contributed by atoms with Gasteiger partial charge in [0.05, 0.1) is 13.0 Å². The molecule has 5 heteroatoms. The van der Waals surface area contributed by atoms with Gasteiger partial charge in [-0.05, 0) is 20.3 Å². The lowest BCUT2D eigenvalue weighted by Gasteiger charge is -2.32. The molecule has 0 aliphatic rings. The molecular formula is C13H22N2O3. The number of rotatable bonds is 7. The van der Waals surface area contributed by atoms with Gasteiger partial charge in [-0.25, -0.2) is 4.79 Å². The predicted octanol–water partition coefficient (Wildman–Crippen LogP) is 1.64. The predicted molar refractivity (Wildman–Crippen MR) is 70.2 cm³/mol. The lowest BCUT2D eigenvalue weighted by atomic mass is 10.3. The fourth-order valence-corrected chi connectivity index (χ4v) is 1.59. The van der Waals surface area contributed by atoms with Crippen LogP contribution in [0.25, 0.3) is 0 Å². The van der Waals surface area contributed by atoms with Crippen molar-refractivity contribution < 1.29 is 14.7 Å². The smallest absolute Gasteiger partial charge is 0.321 e. The summed E-state index contributed by atoms with van der Waals surface area (Å²) in [6, 6.07) is -0.236. The van der Waals surface area contributed by atoms with Crippen LogP contribution < -0.4 is 0 Å². The van der Waals surface area contributed by atoms with Crippen molar-refractivity contribution in [3.63, 3.8) is 0 Å². The lowest BCUT2D eigenvalue weighted by molar-refractivity contribution is -0.137. The summed E-state index contributed by atoms with van der Waals surface area (Å²) in [6.07, 6.45) is 6.00. The molecule has 1 N–H and O–H groups in total. The van der Waals surface area contributed by atoms with E-state index in [-0.39, 0.29) is 31.6 Å². The molecule has 0 rings (SSSR count). The number of carboxylic acids is 1. The summed E-state index contributed by atoms with van der Waals surface area (Å²) in [5, 5.41) is 8.69. The molecule has 102 valence electrons. The normalized spacial score (nSPS) is 9.94. The third kappa shape index (κ3) is 5.58. The number of nitrogens with zero attached hydrogens (tertiary/aromatic N) is 2. The number of hydrogen-bond donors (Lipinski definition) is 1. The maximum atomic E-state index is 12.2. The molecule has 0 saturated heterocycles. The molecule has 0 aliphatic carbocycles. The molecule has 18 heavy (non-hydrogen) atoms. The number of carboxylic acid groups (broad SMARTS) is 1. The van der Waals surface area contributed by atoms with Crippen LogP contribution in [0.5, 0.6) is 0 Å². The van der Waals surface area contributed by atoms with Crippen molar-refractivity contribution in [1.29, 1.82) is 0 Å². The first kappa shape index (κ1) is 16.3. The molecule has 0 aliphatic heterocycles. The molecule has 0 unspecified atom stereocenters. The standard InChI is InChI=1S/C13H22N2O3/c1-5-8-14(9-6-2)13(18)15(11(3)4)10-7-12(16)17/h1,11H,6-10H2,2-4H3,(H,16,17). The van der Waals surface area contributed by atoms with E-state index in [1.54, 1.807) is 9.80 Å². The highest BCUT2D eigenvalue weighted by atomic mass is 16.4. The Morgan fingerprint density at radius 3 is 2.33 bits per heavy atom. The Hall–Kier alpha value is -1.70. The number of aliphatic carboxylic acids is 1. The highest BCUT2D eigenvalue weighted by Gasteiger charge is 2.22. The molecule has 5 nitrogen and oxygen atoms in total. The lowest BCUT2D eigenvalue weighted by Crippen LogP contribution is -2.47. The number of amides is 2. The zero-order valence-electron chi connectivity index (χ0n) is 11.3. The molecule has 2 amide bonds. The highest BCUT2D eigenvalue weighted by Crippen LogP contribution is 2.06. The third-order valence-electron chi connectivity index (χ3n) is 2.48. The van der Waals surface area contributed by atoms with Crippen LogP contribution in [0.15, 0.2) is 0 Å². The topological polar surface area (TPSA) is 60.9 Å². The van der Waals surface area contributed by atoms with E-state index >= 15 is 0 Å². The van der Waals surface area contributed by atoms with Crippen molar-refractivity contribution in [3.8, 4) is 12.3 Å². The molecule has 0 heterocycles. The maximum Gasteiger partial charge on any atom is 0.321 e. The van der Waals surface area contributed by atoms with E-state index in [2.05, 4.69) is 5.92 Å². The van der Waals surface area contributed by atoms with Gasteiger partial charge in [-0.3, -0.25) is 4.79 Å². The van der Waals surface area contributed by atoms with Gasteiger partial charge in [0, 0.05) is 19.1 Å². The molecule has 0 saturated carbocycles. The Morgan fingerprint density at radius 1 is 1.33 bits per heavy atom. The van der Waals surface area contributed by atoms with Gasteiger partial charge in [-0.2, -0.15) is 0 Å². The van der Waals surface area contributed by atoms with E-state index in [1.165, 1.54) is 0 Å². The van der Waals surface area contributed by atoms with Crippen molar-refractivity contribution in [2.45, 2.75) is 39.7 Å². The minimum absolute atomic E-state index is 0.0472. The largest absolute Gasteiger partial charge is 0.481 e. The van der Waals surface area contributed by atoms with Crippen molar-refractivity contribution in [2.24, 2.45) is 0 Å². The third-order valence-corrected chi connectivity index (χ3v) is 2.48. The average Bonchev–Trinajstić information content (AvgIpc) is 2.27. The Morgan fingerprint density at radius 2 is 1.94 bits per heavy atom. The highest BCUT2D eigenvalue weighted by molar-refractivity contribution is 5.76. The van der Waals surface area contributed by atoms with Crippen LogP contribution in [0.2, 0.25) is 0 Å². The molecule has 0 radical (unpaired) electrons. The molecule has 0 aromatic heterocycles. The fourth-order valence-electron chi connectivity index (χ4n) is 1.59. The minimum Gasteiger partial charge on any atom is -0.481 e. The van der Waals surface area contributed by atoms with Gasteiger partial charge >= 0.3 is 12.0 Å². The Labute approximate surface area is 109 Å². The maximum absolute atomic E-state index is 12.2. The molecule has 0 aromatic carbocycles. The summed E-state index contributed by atoms with van der Waals surface area (Å²) in [6.45, 7) is 6.73. The van der Waals surface area contributed by atoms with Gasteiger partial charge in [0.15, 0.2) is 0 Å². The monoisotopic (exact) mass is 254 g/mol. The van der Waals surface area contributed by atoms with Crippen molar-refractivity contribution >= 4 is 12.0 Å². The molecule has 0 fully saturated rings. The SMILES string of the molecule is C#CCN(CCC)C(=O)N(CCC(=O)O)C(C)C. The summed E-state index contributed by atoms with van der Waals surface area (Å²) < 4.78 is 0. The van der Waals surface area contributed by atoms with Crippen molar-refractivity contribution in [3.05, 3.63) is 0 Å². The Bertz CT molecular complexity index is 321. The Balaban J connectivity index is 4.70. The first-order valence-corrected chi connectivity index (χ1v) is 6.14. The van der Waals surface area contributed by atoms with E-state index in [0.29, 0.717) is 6.54 Å². The summed E-state index contributed by atoms with van der Waals surface area (Å²) in [5.41, 5.74) is 0. The quantitative estimate of drug-likeness (QED) is 0.702. The van der Waals surface area contributed by atoms with Crippen LogP contribution in [-0.2, 0) is 4.79 Å². The van der Waals surface area contributed by atoms with Gasteiger partial charge in [0.25, 0.3) is 0 Å². The van der Waals surface area contributed by atoms with E-state index < -0.39 is 5.97 Å². The molecule has 0 spiro atoms. The van der Waals surface area contributed by atoms with Gasteiger partial charge in [0.1, 0.15) is 0 Å². The zero-order chi connectivity index (χ0) is 14.1. The van der Waals surface area contributed by atoms with Gasteiger partial charge in [-0.15, -0.1) is 6.42 Å². The second-order valence-corrected chi connectivity index (χ2v) is 4.34. The number of carbonyl (C=O) groups excluding carboxylic acids is 1. The van der Waals surface area contributed by atoms with E-state index in [1.807, 2.05) is 20.8 Å². The first-order chi connectivity index (χ1) is 8.43. The summed E-state index contributed by atoms with van der Waals surface area (Å²) in [5.74, 6) is 1.54. The van der Waals surface area contributed by atoms with Gasteiger partial charge in [0.2, 0.25) is 0 Å². The number of hydrogen-bond acceptors (Lipinski definition) is 2. The van der Waals surface area contributed by atoms with Crippen LogP contribution in [0.4, 0.5) is 4.79 Å². The number of carbonyl (C=O) groups is 2. The summed E-state index contributed by atoms with van der Waals surface area (Å²) in [4.78, 5) is 25.9. The summed E-state index contributed by atoms with van der Waals surface area (Å²) in [7, 11) is 0. The van der Waals surface area contributed by atoms with Crippen LogP contribution in [-0.4, -0.2) is 52.6 Å². The second-order valence-electron chi connectivity index (χ2n) is 4.34. The number of urea groups is 1. The fraction of sp³-hybridized carbons (Fsp3) is 0.692. The van der Waals surface area contributed by atoms with Crippen LogP contribution in [0.1, 0.15) is 33.6 Å². The van der Waals surface area contributed by atoms with E-state index in [9.17, 15) is 9.59 Å². The zero-order valence-corrected chi connectivity index (χ0v) is 11.3. The van der Waals surface area contributed by atoms with Crippen LogP contribution in [0.3, 0.4) is 0 Å². The Kier molecular flexibility index (Phi) is 7.61. The minimum atomic E-state index is -0.910. The van der Waals surface area contributed by atoms with Gasteiger partial charge in [-0.1, -0.05) is 12.8 Å². The average molecular weight is 254 g/mol. The second kappa shape index (κ2) is 8.40. The van der Waals surface area contributed by atoms with Crippen molar-refractivity contribution in [1.82, 2.24) is 9.80 Å². The van der Waals surface area contributed by atoms with E-state index in [0.717, 1.165) is 6.42 Å². The molecule has 0 aromatic rings. The number of terminal acetylenes is 1. The van der Waals surface area contributed by atoms with E-state index in [4.69, 9.17) is 11.5 Å². The van der Waals surface area contributed by atoms with Crippen LogP contribution >= 0.6 is 0 Å². The molecule has 0 atom stereocenters. The van der Waals surface area contributed by atoms with Gasteiger partial charge < -0.3 is 14.9 Å². The molecule has 0 bridgehead atoms. The summed E-state index contributed by atoms with van der Waals surface area (Å²) >= 11 is 0. The van der Waals surface area contributed by atoms with Crippen molar-refractivity contribution in [2.75, 3.05) is 19.6 Å². The van der Waals surface area contributed by atoms with Crippen LogP contribution in [0, 0.1) is 12.3 Å². The molecular weight excluding hydrogens is 232 g/mol.